The summed E-state index contributed by atoms with van der Waals surface area (Å²) >= 11 is 9.11. The standard InChI is InChI=1S/C12H18BrClN2/c1-10(7-14)3-2-6-15-9-12-5-4-11(13)8-16-12/h4-5,8,10,15H,2-3,6-7,9H2,1H3. The van der Waals surface area contributed by atoms with Gasteiger partial charge in [0.2, 0.25) is 0 Å². The highest BCUT2D eigenvalue weighted by atomic mass is 79.9. The fraction of sp³-hybridized carbons (Fsp3) is 0.583. The van der Waals surface area contributed by atoms with Crippen LogP contribution in [0.2, 0.25) is 0 Å². The highest BCUT2D eigenvalue weighted by Crippen LogP contribution is 2.08. The Labute approximate surface area is 111 Å². The summed E-state index contributed by atoms with van der Waals surface area (Å²) < 4.78 is 1.02. The molecule has 0 radical (unpaired) electrons. The highest BCUT2D eigenvalue weighted by Gasteiger charge is 1.99. The number of nitrogens with zero attached hydrogens (tertiary/aromatic N) is 1. The number of nitrogens with one attached hydrogen (secondary N) is 1. The lowest BCUT2D eigenvalue weighted by molar-refractivity contribution is 0.529. The molecule has 0 aliphatic heterocycles. The minimum Gasteiger partial charge on any atom is -0.311 e. The Kier molecular flexibility index (Phi) is 7.01. The molecule has 1 heterocycles. The molecule has 1 unspecified atom stereocenters. The van der Waals surface area contributed by atoms with Crippen molar-refractivity contribution in [3.05, 3.63) is 28.5 Å². The van der Waals surface area contributed by atoms with E-state index in [0.717, 1.165) is 29.1 Å². The lowest BCUT2D eigenvalue weighted by Gasteiger charge is -2.07. The first-order valence-corrected chi connectivity index (χ1v) is 6.92. The van der Waals surface area contributed by atoms with E-state index in [4.69, 9.17) is 11.6 Å². The molecule has 90 valence electrons. The highest BCUT2D eigenvalue weighted by molar-refractivity contribution is 9.10. The fourth-order valence-corrected chi connectivity index (χ4v) is 1.77. The molecule has 0 spiro atoms. The van der Waals surface area contributed by atoms with Crippen LogP contribution in [-0.4, -0.2) is 17.4 Å². The normalized spacial score (nSPS) is 12.7. The van der Waals surface area contributed by atoms with E-state index >= 15 is 0 Å². The molecule has 0 saturated heterocycles. The van der Waals surface area contributed by atoms with Crippen LogP contribution in [0.5, 0.6) is 0 Å². The monoisotopic (exact) mass is 304 g/mol. The molecule has 0 fully saturated rings. The van der Waals surface area contributed by atoms with Crippen LogP contribution in [0.25, 0.3) is 0 Å². The molecule has 1 rings (SSSR count). The van der Waals surface area contributed by atoms with Gasteiger partial charge in [-0.15, -0.1) is 11.6 Å². The van der Waals surface area contributed by atoms with Gasteiger partial charge in [0.1, 0.15) is 0 Å². The summed E-state index contributed by atoms with van der Waals surface area (Å²) in [5.41, 5.74) is 1.08. The molecule has 1 aromatic heterocycles. The summed E-state index contributed by atoms with van der Waals surface area (Å²) in [6.07, 6.45) is 4.18. The molecule has 0 bridgehead atoms. The van der Waals surface area contributed by atoms with Gasteiger partial charge in [0.15, 0.2) is 0 Å². The van der Waals surface area contributed by atoms with Crippen LogP contribution in [0, 0.1) is 5.92 Å². The predicted molar refractivity (Wildman–Crippen MR) is 72.8 cm³/mol. The topological polar surface area (TPSA) is 24.9 Å². The van der Waals surface area contributed by atoms with Gasteiger partial charge in [-0.2, -0.15) is 0 Å². The first-order chi connectivity index (χ1) is 7.72. The number of hydrogen-bond donors (Lipinski definition) is 1. The molecule has 2 nitrogen and oxygen atoms in total. The zero-order chi connectivity index (χ0) is 11.8. The number of alkyl halides is 1. The third-order valence-electron chi connectivity index (χ3n) is 2.41. The summed E-state index contributed by atoms with van der Waals surface area (Å²) in [6.45, 7) is 4.05. The van der Waals surface area contributed by atoms with Gasteiger partial charge in [0.25, 0.3) is 0 Å². The number of hydrogen-bond acceptors (Lipinski definition) is 2. The first kappa shape index (κ1) is 13.9. The van der Waals surface area contributed by atoms with Crippen molar-refractivity contribution in [3.8, 4) is 0 Å². The van der Waals surface area contributed by atoms with Crippen molar-refractivity contribution in [1.29, 1.82) is 0 Å². The van der Waals surface area contributed by atoms with E-state index < -0.39 is 0 Å². The van der Waals surface area contributed by atoms with E-state index in [1.807, 2.05) is 18.3 Å². The average Bonchev–Trinajstić information content (AvgIpc) is 2.31. The Morgan fingerprint density at radius 2 is 2.31 bits per heavy atom. The third-order valence-corrected chi connectivity index (χ3v) is 3.40. The minimum atomic E-state index is 0.620. The quantitative estimate of drug-likeness (QED) is 0.615. The molecule has 0 saturated carbocycles. The van der Waals surface area contributed by atoms with Crippen molar-refractivity contribution >= 4 is 27.5 Å². The van der Waals surface area contributed by atoms with Gasteiger partial charge in [-0.05, 0) is 53.4 Å². The summed E-state index contributed by atoms with van der Waals surface area (Å²) in [4.78, 5) is 4.30. The molecule has 1 aromatic rings. The summed E-state index contributed by atoms with van der Waals surface area (Å²) in [5, 5.41) is 3.38. The van der Waals surface area contributed by atoms with E-state index in [9.17, 15) is 0 Å². The van der Waals surface area contributed by atoms with Gasteiger partial charge in [0.05, 0.1) is 5.69 Å². The van der Waals surface area contributed by atoms with Crippen LogP contribution >= 0.6 is 27.5 Å². The number of aromatic nitrogens is 1. The van der Waals surface area contributed by atoms with Crippen molar-refractivity contribution in [2.24, 2.45) is 5.92 Å². The lowest BCUT2D eigenvalue weighted by Crippen LogP contribution is -2.16. The number of halogens is 2. The van der Waals surface area contributed by atoms with Crippen LogP contribution in [0.15, 0.2) is 22.8 Å². The molecular formula is C12H18BrClN2. The second-order valence-electron chi connectivity index (χ2n) is 4.05. The number of rotatable bonds is 7. The van der Waals surface area contributed by atoms with Gasteiger partial charge in [-0.3, -0.25) is 4.98 Å². The third kappa shape index (κ3) is 5.83. The second-order valence-corrected chi connectivity index (χ2v) is 5.27. The van der Waals surface area contributed by atoms with Crippen LogP contribution in [0.1, 0.15) is 25.5 Å². The van der Waals surface area contributed by atoms with E-state index in [1.54, 1.807) is 0 Å². The Bertz CT molecular complexity index is 290. The smallest absolute Gasteiger partial charge is 0.0542 e. The molecule has 0 amide bonds. The number of pyridine rings is 1. The maximum atomic E-state index is 5.74. The summed E-state index contributed by atoms with van der Waals surface area (Å²) in [6, 6.07) is 4.04. The first-order valence-electron chi connectivity index (χ1n) is 5.59. The molecule has 1 atom stereocenters. The van der Waals surface area contributed by atoms with Crippen molar-refractivity contribution in [2.75, 3.05) is 12.4 Å². The van der Waals surface area contributed by atoms with E-state index in [2.05, 4.69) is 33.2 Å². The van der Waals surface area contributed by atoms with Crippen LogP contribution in [0.3, 0.4) is 0 Å². The zero-order valence-electron chi connectivity index (χ0n) is 9.55. The van der Waals surface area contributed by atoms with E-state index in [1.165, 1.54) is 12.8 Å². The van der Waals surface area contributed by atoms with Gasteiger partial charge >= 0.3 is 0 Å². The van der Waals surface area contributed by atoms with Gasteiger partial charge < -0.3 is 5.32 Å². The van der Waals surface area contributed by atoms with Crippen molar-refractivity contribution in [1.82, 2.24) is 10.3 Å². The molecule has 0 aliphatic rings. The Morgan fingerprint density at radius 3 is 2.94 bits per heavy atom. The summed E-state index contributed by atoms with van der Waals surface area (Å²) in [7, 11) is 0. The van der Waals surface area contributed by atoms with Gasteiger partial charge in [0, 0.05) is 23.1 Å². The largest absolute Gasteiger partial charge is 0.311 e. The lowest BCUT2D eigenvalue weighted by atomic mass is 10.1. The zero-order valence-corrected chi connectivity index (χ0v) is 11.9. The SMILES string of the molecule is CC(CCl)CCCNCc1ccc(Br)cn1. The molecule has 1 N–H and O–H groups in total. The van der Waals surface area contributed by atoms with Gasteiger partial charge in [-0.1, -0.05) is 6.92 Å². The Balaban J connectivity index is 2.09. The van der Waals surface area contributed by atoms with Crippen molar-refractivity contribution in [2.45, 2.75) is 26.3 Å². The van der Waals surface area contributed by atoms with Crippen LogP contribution < -0.4 is 5.32 Å². The Morgan fingerprint density at radius 1 is 1.50 bits per heavy atom. The molecule has 0 aromatic carbocycles. The second kappa shape index (κ2) is 8.04. The van der Waals surface area contributed by atoms with E-state index in [-0.39, 0.29) is 0 Å². The maximum absolute atomic E-state index is 5.74. The Hall–Kier alpha value is -0.120. The molecule has 16 heavy (non-hydrogen) atoms. The van der Waals surface area contributed by atoms with Crippen LogP contribution in [-0.2, 0) is 6.54 Å². The average molecular weight is 306 g/mol. The maximum Gasteiger partial charge on any atom is 0.0542 e. The molecule has 0 aliphatic carbocycles. The predicted octanol–water partition coefficient (Wildman–Crippen LogP) is 3.59. The molecule has 4 heteroatoms. The molecular weight excluding hydrogens is 288 g/mol. The van der Waals surface area contributed by atoms with Gasteiger partial charge in [-0.25, -0.2) is 0 Å². The van der Waals surface area contributed by atoms with Crippen molar-refractivity contribution in [3.63, 3.8) is 0 Å². The minimum absolute atomic E-state index is 0.620. The van der Waals surface area contributed by atoms with Crippen LogP contribution in [0.4, 0.5) is 0 Å². The van der Waals surface area contributed by atoms with Crippen molar-refractivity contribution < 1.29 is 0 Å². The van der Waals surface area contributed by atoms with E-state index in [0.29, 0.717) is 5.92 Å². The summed E-state index contributed by atoms with van der Waals surface area (Å²) in [5.74, 6) is 1.38. The fourth-order valence-electron chi connectivity index (χ4n) is 1.38.